The van der Waals surface area contributed by atoms with E-state index in [4.69, 9.17) is 16.2 Å². The van der Waals surface area contributed by atoms with Crippen molar-refractivity contribution in [2.24, 2.45) is 11.7 Å². The lowest BCUT2D eigenvalue weighted by Gasteiger charge is -2.12. The van der Waals surface area contributed by atoms with Gasteiger partial charge in [0.25, 0.3) is 0 Å². The predicted molar refractivity (Wildman–Crippen MR) is 73.6 cm³/mol. The Morgan fingerprint density at radius 3 is 2.48 bits per heavy atom. The van der Waals surface area contributed by atoms with E-state index in [1.54, 1.807) is 24.3 Å². The minimum absolute atomic E-state index is 0.0283. The molecule has 7 nitrogen and oxygen atoms in total. The number of amidine groups is 1. The second-order valence-corrected chi connectivity index (χ2v) is 4.93. The monoisotopic (exact) mass is 289 g/mol. The Bertz CT molecular complexity index is 609. The third kappa shape index (κ3) is 3.25. The van der Waals surface area contributed by atoms with E-state index in [0.29, 0.717) is 12.0 Å². The van der Waals surface area contributed by atoms with E-state index >= 15 is 0 Å². The summed E-state index contributed by atoms with van der Waals surface area (Å²) in [6.07, 6.45) is 0.388. The van der Waals surface area contributed by atoms with Gasteiger partial charge in [-0.05, 0) is 12.0 Å². The van der Waals surface area contributed by atoms with Crippen LogP contribution in [0.1, 0.15) is 17.5 Å². The summed E-state index contributed by atoms with van der Waals surface area (Å²) in [5.74, 6) is -2.67. The summed E-state index contributed by atoms with van der Waals surface area (Å²) in [4.78, 5) is 35.1. The van der Waals surface area contributed by atoms with Gasteiger partial charge in [0.05, 0.1) is 5.92 Å². The fourth-order valence-electron chi connectivity index (χ4n) is 2.32. The van der Waals surface area contributed by atoms with Crippen molar-refractivity contribution in [3.05, 3.63) is 35.4 Å². The molecule has 1 aromatic carbocycles. The van der Waals surface area contributed by atoms with Gasteiger partial charge in [0.2, 0.25) is 11.8 Å². The molecule has 21 heavy (non-hydrogen) atoms. The van der Waals surface area contributed by atoms with Crippen molar-refractivity contribution >= 4 is 23.6 Å². The van der Waals surface area contributed by atoms with Crippen LogP contribution in [0.25, 0.3) is 0 Å². The number of amides is 2. The largest absolute Gasteiger partial charge is 0.480 e. The van der Waals surface area contributed by atoms with Gasteiger partial charge in [-0.3, -0.25) is 24.7 Å². The molecule has 1 fully saturated rings. The topological polar surface area (TPSA) is 125 Å². The maximum absolute atomic E-state index is 12.0. The van der Waals surface area contributed by atoms with E-state index in [2.05, 4.69) is 0 Å². The van der Waals surface area contributed by atoms with E-state index in [1.165, 1.54) is 0 Å². The van der Waals surface area contributed by atoms with E-state index < -0.39 is 30.2 Å². The van der Waals surface area contributed by atoms with Crippen LogP contribution in [0.2, 0.25) is 0 Å². The highest BCUT2D eigenvalue weighted by molar-refractivity contribution is 6.05. The molecule has 110 valence electrons. The number of nitrogens with zero attached hydrogens (tertiary/aromatic N) is 1. The lowest BCUT2D eigenvalue weighted by molar-refractivity contribution is -0.149. The standard InChI is InChI=1S/C14H15N3O4/c15-13(16)9-3-1-8(2-4-9)5-10-6-11(18)17(14(10)21)7-12(19)20/h1-4,10H,5-7H2,(H3,15,16)(H,19,20). The van der Waals surface area contributed by atoms with Gasteiger partial charge in [-0.1, -0.05) is 24.3 Å². The first-order chi connectivity index (χ1) is 9.88. The minimum atomic E-state index is -1.21. The van der Waals surface area contributed by atoms with Crippen molar-refractivity contribution in [1.29, 1.82) is 5.41 Å². The molecule has 0 aliphatic carbocycles. The quantitative estimate of drug-likeness (QED) is 0.399. The van der Waals surface area contributed by atoms with Crippen molar-refractivity contribution in [3.63, 3.8) is 0 Å². The SMILES string of the molecule is N=C(N)c1ccc(CC2CC(=O)N(CC(=O)O)C2=O)cc1. The third-order valence-electron chi connectivity index (χ3n) is 3.38. The molecule has 0 spiro atoms. The normalized spacial score (nSPS) is 18.1. The highest BCUT2D eigenvalue weighted by Gasteiger charge is 2.39. The summed E-state index contributed by atoms with van der Waals surface area (Å²) in [6.45, 7) is -0.586. The Kier molecular flexibility index (Phi) is 4.02. The molecule has 0 aromatic heterocycles. The molecular weight excluding hydrogens is 274 g/mol. The molecule has 0 saturated carbocycles. The number of carbonyl (C=O) groups is 3. The van der Waals surface area contributed by atoms with Gasteiger partial charge in [-0.25, -0.2) is 0 Å². The number of imide groups is 1. The molecule has 0 radical (unpaired) electrons. The maximum atomic E-state index is 12.0. The Morgan fingerprint density at radius 2 is 1.95 bits per heavy atom. The zero-order chi connectivity index (χ0) is 15.6. The number of nitrogens with two attached hydrogens (primary N) is 1. The molecule has 1 saturated heterocycles. The predicted octanol–water partition coefficient (Wildman–Crippen LogP) is -0.0271. The molecule has 1 aliphatic rings. The number of aliphatic carboxylic acids is 1. The summed E-state index contributed by atoms with van der Waals surface area (Å²) in [5.41, 5.74) is 6.77. The molecule has 7 heteroatoms. The number of carboxylic acids is 1. The molecule has 1 heterocycles. The van der Waals surface area contributed by atoms with E-state index in [9.17, 15) is 14.4 Å². The van der Waals surface area contributed by atoms with Crippen molar-refractivity contribution in [1.82, 2.24) is 4.90 Å². The molecule has 1 aromatic rings. The van der Waals surface area contributed by atoms with E-state index in [0.717, 1.165) is 10.5 Å². The number of likely N-dealkylation sites (tertiary alicyclic amines) is 1. The first-order valence-corrected chi connectivity index (χ1v) is 6.38. The van der Waals surface area contributed by atoms with Gasteiger partial charge < -0.3 is 10.8 Å². The summed E-state index contributed by atoms with van der Waals surface area (Å²) < 4.78 is 0. The van der Waals surface area contributed by atoms with Gasteiger partial charge in [0, 0.05) is 12.0 Å². The van der Waals surface area contributed by atoms with Crippen LogP contribution in [0, 0.1) is 11.3 Å². The molecule has 2 amide bonds. The van der Waals surface area contributed by atoms with Crippen LogP contribution >= 0.6 is 0 Å². The Labute approximate surface area is 120 Å². The Hall–Kier alpha value is -2.70. The van der Waals surface area contributed by atoms with Crippen LogP contribution in [0.3, 0.4) is 0 Å². The number of carboxylic acid groups (broad SMARTS) is 1. The van der Waals surface area contributed by atoms with Gasteiger partial charge in [-0.15, -0.1) is 0 Å². The number of benzene rings is 1. The average molecular weight is 289 g/mol. The number of carbonyl (C=O) groups excluding carboxylic acids is 2. The van der Waals surface area contributed by atoms with E-state index in [-0.39, 0.29) is 12.3 Å². The number of nitrogens with one attached hydrogen (secondary N) is 1. The number of nitrogen functional groups attached to an aromatic ring is 1. The lowest BCUT2D eigenvalue weighted by atomic mass is 9.97. The van der Waals surface area contributed by atoms with Gasteiger partial charge >= 0.3 is 5.97 Å². The molecule has 1 aliphatic heterocycles. The van der Waals surface area contributed by atoms with Crippen LogP contribution in [-0.2, 0) is 20.8 Å². The number of hydrogen-bond donors (Lipinski definition) is 3. The second kappa shape index (κ2) is 5.74. The number of rotatable bonds is 5. The van der Waals surface area contributed by atoms with Crippen molar-refractivity contribution in [2.75, 3.05) is 6.54 Å². The third-order valence-corrected chi connectivity index (χ3v) is 3.38. The molecule has 0 bridgehead atoms. The summed E-state index contributed by atoms with van der Waals surface area (Å²) >= 11 is 0. The average Bonchev–Trinajstić information content (AvgIpc) is 2.67. The smallest absolute Gasteiger partial charge is 0.323 e. The van der Waals surface area contributed by atoms with E-state index in [1.807, 2.05) is 0 Å². The minimum Gasteiger partial charge on any atom is -0.480 e. The first kappa shape index (κ1) is 14.7. The molecule has 1 unspecified atom stereocenters. The second-order valence-electron chi connectivity index (χ2n) is 4.93. The van der Waals surface area contributed by atoms with Crippen molar-refractivity contribution in [3.8, 4) is 0 Å². The van der Waals surface area contributed by atoms with Crippen molar-refractivity contribution < 1.29 is 19.5 Å². The Morgan fingerprint density at radius 1 is 1.33 bits per heavy atom. The summed E-state index contributed by atoms with van der Waals surface area (Å²) in [6, 6.07) is 6.84. The lowest BCUT2D eigenvalue weighted by Crippen LogP contribution is -2.35. The van der Waals surface area contributed by atoms with Gasteiger partial charge in [-0.2, -0.15) is 0 Å². The first-order valence-electron chi connectivity index (χ1n) is 6.38. The maximum Gasteiger partial charge on any atom is 0.323 e. The molecule has 4 N–H and O–H groups in total. The van der Waals surface area contributed by atoms with Gasteiger partial charge in [0.1, 0.15) is 12.4 Å². The summed E-state index contributed by atoms with van der Waals surface area (Å²) in [5, 5.41) is 16.0. The van der Waals surface area contributed by atoms with Crippen LogP contribution in [0.5, 0.6) is 0 Å². The molecular formula is C14H15N3O4. The molecule has 2 rings (SSSR count). The van der Waals surface area contributed by atoms with Crippen LogP contribution in [0.4, 0.5) is 0 Å². The highest BCUT2D eigenvalue weighted by atomic mass is 16.4. The van der Waals surface area contributed by atoms with Gasteiger partial charge in [0.15, 0.2) is 0 Å². The van der Waals surface area contributed by atoms with Crippen LogP contribution < -0.4 is 5.73 Å². The van der Waals surface area contributed by atoms with Crippen LogP contribution in [-0.4, -0.2) is 40.2 Å². The highest BCUT2D eigenvalue weighted by Crippen LogP contribution is 2.23. The van der Waals surface area contributed by atoms with Crippen molar-refractivity contribution in [2.45, 2.75) is 12.8 Å². The Balaban J connectivity index is 2.06. The zero-order valence-corrected chi connectivity index (χ0v) is 11.2. The van der Waals surface area contributed by atoms with Crippen LogP contribution in [0.15, 0.2) is 24.3 Å². The molecule has 1 atom stereocenters. The number of hydrogen-bond acceptors (Lipinski definition) is 4. The fraction of sp³-hybridized carbons (Fsp3) is 0.286. The zero-order valence-electron chi connectivity index (χ0n) is 11.2. The fourth-order valence-corrected chi connectivity index (χ4v) is 2.32. The summed E-state index contributed by atoms with van der Waals surface area (Å²) in [7, 11) is 0.